The predicted molar refractivity (Wildman–Crippen MR) is 89.2 cm³/mol. The van der Waals surface area contributed by atoms with Crippen molar-refractivity contribution in [1.29, 1.82) is 0 Å². The number of benzene rings is 2. The Bertz CT molecular complexity index is 575. The Hall–Kier alpha value is -1.45. The van der Waals surface area contributed by atoms with Gasteiger partial charge in [-0.15, -0.1) is 11.8 Å². The van der Waals surface area contributed by atoms with Gasteiger partial charge in [0.15, 0.2) is 0 Å². The van der Waals surface area contributed by atoms with E-state index in [4.69, 9.17) is 4.74 Å². The first kappa shape index (κ1) is 14.5. The van der Waals surface area contributed by atoms with Crippen molar-refractivity contribution in [3.8, 4) is 5.75 Å². The van der Waals surface area contributed by atoms with E-state index in [1.165, 1.54) is 28.9 Å². The Balaban J connectivity index is 1.77. The summed E-state index contributed by atoms with van der Waals surface area (Å²) in [5, 5.41) is 3.40. The van der Waals surface area contributed by atoms with Crippen LogP contribution in [-0.4, -0.2) is 19.4 Å². The number of hydrogen-bond acceptors (Lipinski definition) is 3. The lowest BCUT2D eigenvalue weighted by Gasteiger charge is -2.18. The maximum atomic E-state index is 5.81. The molecular weight excluding hydrogens is 278 g/mol. The molecule has 0 bridgehead atoms. The number of ether oxygens (including phenoxy) is 1. The molecule has 1 fully saturated rings. The number of nitrogens with one attached hydrogen (secondary N) is 1. The van der Waals surface area contributed by atoms with Crippen molar-refractivity contribution in [2.24, 2.45) is 0 Å². The summed E-state index contributed by atoms with van der Waals surface area (Å²) in [6.45, 7) is 0. The number of hydrogen-bond donors (Lipinski definition) is 1. The minimum atomic E-state index is 0.218. The third kappa shape index (κ3) is 3.60. The fourth-order valence-electron chi connectivity index (χ4n) is 2.44. The van der Waals surface area contributed by atoms with Gasteiger partial charge in [0.1, 0.15) is 5.75 Å². The minimum Gasteiger partial charge on any atom is -0.490 e. The maximum Gasteiger partial charge on any atom is 0.119 e. The SMILES string of the molecule is CNC(c1ccc(OC2CC2)cc1)c1ccc(SC)cc1. The molecule has 0 spiro atoms. The van der Waals surface area contributed by atoms with Crippen LogP contribution in [0.2, 0.25) is 0 Å². The van der Waals surface area contributed by atoms with E-state index >= 15 is 0 Å². The van der Waals surface area contributed by atoms with Gasteiger partial charge in [-0.05, 0) is 61.5 Å². The molecule has 110 valence electrons. The highest BCUT2D eigenvalue weighted by atomic mass is 32.2. The molecule has 3 heteroatoms. The lowest BCUT2D eigenvalue weighted by molar-refractivity contribution is 0.303. The lowest BCUT2D eigenvalue weighted by atomic mass is 9.99. The maximum absolute atomic E-state index is 5.81. The van der Waals surface area contributed by atoms with Gasteiger partial charge < -0.3 is 10.1 Å². The molecule has 3 rings (SSSR count). The second kappa shape index (κ2) is 6.54. The molecule has 1 N–H and O–H groups in total. The Kier molecular flexibility index (Phi) is 4.51. The standard InChI is InChI=1S/C18H21NOS/c1-19-18(14-5-11-17(21-2)12-6-14)13-3-7-15(8-4-13)20-16-9-10-16/h3-8,11-12,16,18-19H,9-10H2,1-2H3. The second-order valence-corrected chi connectivity index (χ2v) is 6.26. The van der Waals surface area contributed by atoms with Crippen molar-refractivity contribution in [3.05, 3.63) is 59.7 Å². The Morgan fingerprint density at radius 2 is 1.57 bits per heavy atom. The summed E-state index contributed by atoms with van der Waals surface area (Å²) >= 11 is 1.77. The van der Waals surface area contributed by atoms with Gasteiger partial charge in [-0.25, -0.2) is 0 Å². The molecule has 2 aromatic carbocycles. The zero-order chi connectivity index (χ0) is 14.7. The average Bonchev–Trinajstić information content (AvgIpc) is 3.34. The quantitative estimate of drug-likeness (QED) is 0.805. The average molecular weight is 299 g/mol. The minimum absolute atomic E-state index is 0.218. The zero-order valence-electron chi connectivity index (χ0n) is 12.5. The van der Waals surface area contributed by atoms with Crippen LogP contribution in [0.1, 0.15) is 30.0 Å². The van der Waals surface area contributed by atoms with Crippen LogP contribution in [0.3, 0.4) is 0 Å². The highest BCUT2D eigenvalue weighted by Crippen LogP contribution is 2.29. The van der Waals surface area contributed by atoms with E-state index in [9.17, 15) is 0 Å². The van der Waals surface area contributed by atoms with Crippen molar-refractivity contribution >= 4 is 11.8 Å². The van der Waals surface area contributed by atoms with Gasteiger partial charge in [0.05, 0.1) is 12.1 Å². The Morgan fingerprint density at radius 1 is 1.00 bits per heavy atom. The van der Waals surface area contributed by atoms with E-state index in [2.05, 4.69) is 60.1 Å². The van der Waals surface area contributed by atoms with E-state index in [1.807, 2.05) is 7.05 Å². The van der Waals surface area contributed by atoms with Gasteiger partial charge >= 0.3 is 0 Å². The highest BCUT2D eigenvalue weighted by Gasteiger charge is 2.23. The molecule has 2 aromatic rings. The van der Waals surface area contributed by atoms with Crippen LogP contribution >= 0.6 is 11.8 Å². The molecule has 0 radical (unpaired) electrons. The van der Waals surface area contributed by atoms with Crippen LogP contribution in [0.4, 0.5) is 0 Å². The molecule has 1 unspecified atom stereocenters. The van der Waals surface area contributed by atoms with Gasteiger partial charge in [-0.3, -0.25) is 0 Å². The zero-order valence-corrected chi connectivity index (χ0v) is 13.3. The van der Waals surface area contributed by atoms with Gasteiger partial charge in [-0.2, -0.15) is 0 Å². The molecule has 2 nitrogen and oxygen atoms in total. The summed E-state index contributed by atoms with van der Waals surface area (Å²) in [7, 11) is 2.00. The van der Waals surface area contributed by atoms with Crippen LogP contribution < -0.4 is 10.1 Å². The van der Waals surface area contributed by atoms with Gasteiger partial charge in [0, 0.05) is 4.90 Å². The Morgan fingerprint density at radius 3 is 2.05 bits per heavy atom. The summed E-state index contributed by atoms with van der Waals surface area (Å²) in [5.74, 6) is 0.980. The van der Waals surface area contributed by atoms with Gasteiger partial charge in [-0.1, -0.05) is 24.3 Å². The normalized spacial score (nSPS) is 15.7. The van der Waals surface area contributed by atoms with Gasteiger partial charge in [0.2, 0.25) is 0 Å². The molecular formula is C18H21NOS. The smallest absolute Gasteiger partial charge is 0.119 e. The summed E-state index contributed by atoms with van der Waals surface area (Å²) in [6, 6.07) is 17.4. The third-order valence-electron chi connectivity index (χ3n) is 3.78. The van der Waals surface area contributed by atoms with Crippen LogP contribution in [0.5, 0.6) is 5.75 Å². The summed E-state index contributed by atoms with van der Waals surface area (Å²) < 4.78 is 5.81. The fraction of sp³-hybridized carbons (Fsp3) is 0.333. The first-order valence-electron chi connectivity index (χ1n) is 7.38. The molecule has 0 aromatic heterocycles. The second-order valence-electron chi connectivity index (χ2n) is 5.38. The molecule has 1 aliphatic carbocycles. The van der Waals surface area contributed by atoms with E-state index in [1.54, 1.807) is 11.8 Å². The van der Waals surface area contributed by atoms with Gasteiger partial charge in [0.25, 0.3) is 0 Å². The number of thioether (sulfide) groups is 1. The highest BCUT2D eigenvalue weighted by molar-refractivity contribution is 7.98. The fourth-order valence-corrected chi connectivity index (χ4v) is 2.85. The molecule has 0 heterocycles. The molecule has 1 aliphatic rings. The molecule has 0 amide bonds. The molecule has 21 heavy (non-hydrogen) atoms. The first-order valence-corrected chi connectivity index (χ1v) is 8.60. The van der Waals surface area contributed by atoms with Crippen molar-refractivity contribution in [1.82, 2.24) is 5.32 Å². The lowest BCUT2D eigenvalue weighted by Crippen LogP contribution is -2.17. The van der Waals surface area contributed by atoms with E-state index in [0.29, 0.717) is 6.10 Å². The number of rotatable bonds is 6. The first-order chi connectivity index (χ1) is 10.3. The summed E-state index contributed by atoms with van der Waals surface area (Å²) in [5.41, 5.74) is 2.55. The van der Waals surface area contributed by atoms with Crippen LogP contribution in [-0.2, 0) is 0 Å². The van der Waals surface area contributed by atoms with Crippen LogP contribution in [0, 0.1) is 0 Å². The van der Waals surface area contributed by atoms with Crippen molar-refractivity contribution in [2.45, 2.75) is 29.9 Å². The Labute approximate surface area is 130 Å². The monoisotopic (exact) mass is 299 g/mol. The van der Waals surface area contributed by atoms with Crippen molar-refractivity contribution in [3.63, 3.8) is 0 Å². The van der Waals surface area contributed by atoms with Crippen molar-refractivity contribution < 1.29 is 4.74 Å². The van der Waals surface area contributed by atoms with Crippen LogP contribution in [0.15, 0.2) is 53.4 Å². The largest absolute Gasteiger partial charge is 0.490 e. The third-order valence-corrected chi connectivity index (χ3v) is 4.52. The summed E-state index contributed by atoms with van der Waals surface area (Å²) in [4.78, 5) is 1.29. The summed E-state index contributed by atoms with van der Waals surface area (Å²) in [6.07, 6.45) is 4.95. The molecule has 1 saturated carbocycles. The molecule has 0 aliphatic heterocycles. The molecule has 1 atom stereocenters. The van der Waals surface area contributed by atoms with E-state index < -0.39 is 0 Å². The predicted octanol–water partition coefficient (Wildman–Crippen LogP) is 4.26. The topological polar surface area (TPSA) is 21.3 Å². The van der Waals surface area contributed by atoms with E-state index in [0.717, 1.165) is 5.75 Å². The van der Waals surface area contributed by atoms with Crippen molar-refractivity contribution in [2.75, 3.05) is 13.3 Å². The van der Waals surface area contributed by atoms with E-state index in [-0.39, 0.29) is 6.04 Å². The molecule has 0 saturated heterocycles. The van der Waals surface area contributed by atoms with Crippen LogP contribution in [0.25, 0.3) is 0 Å².